The molecule has 1 aromatic rings. The summed E-state index contributed by atoms with van der Waals surface area (Å²) in [5, 5.41) is 16.3. The lowest BCUT2D eigenvalue weighted by atomic mass is 10.0. The van der Waals surface area contributed by atoms with Crippen LogP contribution in [0.1, 0.15) is 38.8 Å². The molecule has 190 valence electrons. The Morgan fingerprint density at radius 3 is 2.35 bits per heavy atom. The number of nitrogens with two attached hydrogens (primary N) is 3. The number of nitrogens with one attached hydrogen (secondary N) is 4. The first-order valence-corrected chi connectivity index (χ1v) is 10.9. The van der Waals surface area contributed by atoms with Gasteiger partial charge in [-0.2, -0.15) is 0 Å². The monoisotopic (exact) mass is 481 g/mol. The summed E-state index contributed by atoms with van der Waals surface area (Å²) in [5.41, 5.74) is 17.0. The molecule has 0 saturated heterocycles. The highest BCUT2D eigenvalue weighted by molar-refractivity contribution is 5.93. The van der Waals surface area contributed by atoms with Gasteiger partial charge in [-0.1, -0.05) is 13.8 Å². The fourth-order valence-corrected chi connectivity index (χ4v) is 3.02. The molecular formula is C20H35N9O5. The van der Waals surface area contributed by atoms with Crippen LogP contribution < -0.4 is 33.2 Å². The molecular weight excluding hydrogens is 446 g/mol. The number of aliphatic carboxylic acids is 1. The van der Waals surface area contributed by atoms with E-state index in [0.29, 0.717) is 31.5 Å². The van der Waals surface area contributed by atoms with E-state index in [2.05, 4.69) is 30.9 Å². The van der Waals surface area contributed by atoms with Crippen LogP contribution in [0.2, 0.25) is 0 Å². The molecule has 3 amide bonds. The predicted molar refractivity (Wildman–Crippen MR) is 124 cm³/mol. The Morgan fingerprint density at radius 1 is 1.12 bits per heavy atom. The van der Waals surface area contributed by atoms with Gasteiger partial charge in [0.2, 0.25) is 17.7 Å². The molecule has 0 saturated carbocycles. The lowest BCUT2D eigenvalue weighted by molar-refractivity contribution is -0.138. The molecule has 34 heavy (non-hydrogen) atoms. The molecule has 14 heteroatoms. The van der Waals surface area contributed by atoms with Gasteiger partial charge in [-0.15, -0.1) is 0 Å². The molecule has 1 rings (SSSR count). The molecule has 14 nitrogen and oxygen atoms in total. The molecule has 0 aliphatic rings. The maximum absolute atomic E-state index is 13.0. The lowest BCUT2D eigenvalue weighted by Crippen LogP contribution is -2.56. The largest absolute Gasteiger partial charge is 0.480 e. The third-order valence-electron chi connectivity index (χ3n) is 4.67. The minimum atomic E-state index is -1.22. The summed E-state index contributed by atoms with van der Waals surface area (Å²) in [4.78, 5) is 59.4. The van der Waals surface area contributed by atoms with Gasteiger partial charge in [0.15, 0.2) is 5.96 Å². The van der Waals surface area contributed by atoms with Crippen molar-refractivity contribution in [3.05, 3.63) is 18.2 Å². The fourth-order valence-electron chi connectivity index (χ4n) is 3.02. The Labute approximate surface area is 197 Å². The number of rotatable bonds is 15. The molecule has 1 aromatic heterocycles. The van der Waals surface area contributed by atoms with Gasteiger partial charge in [-0.25, -0.2) is 4.98 Å². The zero-order valence-corrected chi connectivity index (χ0v) is 19.4. The standard InChI is InChI=1S/C20H35N9O5/c1-11(2)6-14(28-17(32)13(21)4-3-5-25-20(22)23)19(34)29-15(7-12-8-24-10-27-12)18(33)26-9-16(30)31/h8,10-11,13-15H,3-7,9,21H2,1-2H3,(H,24,27)(H,26,33)(H,28,32)(H,29,34)(H,30,31)(H4,22,23,25). The molecule has 0 aliphatic carbocycles. The van der Waals surface area contributed by atoms with Gasteiger partial charge >= 0.3 is 5.97 Å². The number of carboxylic acid groups (broad SMARTS) is 1. The summed E-state index contributed by atoms with van der Waals surface area (Å²) >= 11 is 0. The summed E-state index contributed by atoms with van der Waals surface area (Å²) in [6.07, 6.45) is 4.02. The Bertz CT molecular complexity index is 837. The van der Waals surface area contributed by atoms with Gasteiger partial charge in [-0.3, -0.25) is 24.2 Å². The first-order valence-electron chi connectivity index (χ1n) is 10.9. The first-order chi connectivity index (χ1) is 16.0. The smallest absolute Gasteiger partial charge is 0.322 e. The van der Waals surface area contributed by atoms with Crippen LogP contribution in [0.4, 0.5) is 0 Å². The van der Waals surface area contributed by atoms with Crippen LogP contribution in [-0.2, 0) is 25.6 Å². The van der Waals surface area contributed by atoms with Crippen LogP contribution in [0.15, 0.2) is 17.5 Å². The van der Waals surface area contributed by atoms with Gasteiger partial charge in [0.05, 0.1) is 12.4 Å². The van der Waals surface area contributed by atoms with Crippen molar-refractivity contribution in [2.45, 2.75) is 57.7 Å². The van der Waals surface area contributed by atoms with Gasteiger partial charge in [-0.05, 0) is 25.2 Å². The number of carbonyl (C=O) groups excluding carboxylic acids is 3. The van der Waals surface area contributed by atoms with Crippen LogP contribution in [0.3, 0.4) is 0 Å². The van der Waals surface area contributed by atoms with Crippen LogP contribution in [0.5, 0.6) is 0 Å². The number of H-pyrrole nitrogens is 1. The Hall–Kier alpha value is -3.68. The van der Waals surface area contributed by atoms with Gasteiger partial charge < -0.3 is 43.2 Å². The van der Waals surface area contributed by atoms with E-state index in [0.717, 1.165) is 0 Å². The van der Waals surface area contributed by atoms with E-state index in [4.69, 9.17) is 22.3 Å². The van der Waals surface area contributed by atoms with Crippen molar-refractivity contribution >= 4 is 29.7 Å². The Balaban J connectivity index is 2.85. The number of hydrogen-bond donors (Lipinski definition) is 8. The number of aliphatic imine (C=N–C) groups is 1. The SMILES string of the molecule is CC(C)CC(NC(=O)C(N)CCCN=C(N)N)C(=O)NC(Cc1cnc[nH]1)C(=O)NCC(=O)O. The van der Waals surface area contributed by atoms with E-state index >= 15 is 0 Å². The zero-order chi connectivity index (χ0) is 25.7. The zero-order valence-electron chi connectivity index (χ0n) is 19.4. The summed E-state index contributed by atoms with van der Waals surface area (Å²) in [6.45, 7) is 3.47. The molecule has 0 aromatic carbocycles. The molecule has 11 N–H and O–H groups in total. The molecule has 0 bridgehead atoms. The third-order valence-corrected chi connectivity index (χ3v) is 4.67. The second kappa shape index (κ2) is 14.5. The quantitative estimate of drug-likeness (QED) is 0.0751. The number of nitrogens with zero attached hydrogens (tertiary/aromatic N) is 2. The maximum Gasteiger partial charge on any atom is 0.322 e. The third kappa shape index (κ3) is 11.3. The molecule has 1 heterocycles. The Morgan fingerprint density at radius 2 is 1.79 bits per heavy atom. The predicted octanol–water partition coefficient (Wildman–Crippen LogP) is -2.45. The number of imidazole rings is 1. The second-order valence-electron chi connectivity index (χ2n) is 8.20. The number of carboxylic acids is 1. The molecule has 3 unspecified atom stereocenters. The van der Waals surface area contributed by atoms with Crippen molar-refractivity contribution in [2.24, 2.45) is 28.1 Å². The highest BCUT2D eigenvalue weighted by Crippen LogP contribution is 2.08. The average molecular weight is 482 g/mol. The van der Waals surface area contributed by atoms with Crippen molar-refractivity contribution in [1.29, 1.82) is 0 Å². The highest BCUT2D eigenvalue weighted by atomic mass is 16.4. The van der Waals surface area contributed by atoms with Crippen LogP contribution in [-0.4, -0.2) is 75.9 Å². The van der Waals surface area contributed by atoms with E-state index in [9.17, 15) is 19.2 Å². The molecule has 3 atom stereocenters. The number of aromatic amines is 1. The first kappa shape index (κ1) is 28.4. The molecule has 0 radical (unpaired) electrons. The summed E-state index contributed by atoms with van der Waals surface area (Å²) < 4.78 is 0. The van der Waals surface area contributed by atoms with Gasteiger partial charge in [0.25, 0.3) is 0 Å². The number of aromatic nitrogens is 2. The number of carbonyl (C=O) groups is 4. The van der Waals surface area contributed by atoms with Crippen LogP contribution in [0, 0.1) is 5.92 Å². The average Bonchev–Trinajstić information content (AvgIpc) is 3.26. The normalized spacial score (nSPS) is 13.4. The number of amides is 3. The second-order valence-corrected chi connectivity index (χ2v) is 8.20. The fraction of sp³-hybridized carbons (Fsp3) is 0.600. The summed E-state index contributed by atoms with van der Waals surface area (Å²) in [6, 6.07) is -2.92. The van der Waals surface area contributed by atoms with Gasteiger partial charge in [0.1, 0.15) is 18.6 Å². The van der Waals surface area contributed by atoms with Crippen LogP contribution >= 0.6 is 0 Å². The molecule has 0 spiro atoms. The maximum atomic E-state index is 13.0. The number of guanidine groups is 1. The lowest BCUT2D eigenvalue weighted by Gasteiger charge is -2.25. The van der Waals surface area contributed by atoms with E-state index in [-0.39, 0.29) is 18.3 Å². The van der Waals surface area contributed by atoms with E-state index in [1.54, 1.807) is 0 Å². The summed E-state index contributed by atoms with van der Waals surface area (Å²) in [5.74, 6) is -3.03. The van der Waals surface area contributed by atoms with Crippen molar-refractivity contribution in [2.75, 3.05) is 13.1 Å². The minimum Gasteiger partial charge on any atom is -0.480 e. The van der Waals surface area contributed by atoms with E-state index in [1.807, 2.05) is 13.8 Å². The van der Waals surface area contributed by atoms with E-state index < -0.39 is 48.4 Å². The van der Waals surface area contributed by atoms with E-state index in [1.165, 1.54) is 12.5 Å². The van der Waals surface area contributed by atoms with Crippen LogP contribution in [0.25, 0.3) is 0 Å². The Kier molecular flexibility index (Phi) is 12.1. The summed E-state index contributed by atoms with van der Waals surface area (Å²) in [7, 11) is 0. The minimum absolute atomic E-state index is 0.0426. The van der Waals surface area contributed by atoms with Gasteiger partial charge in [0, 0.05) is 24.9 Å². The van der Waals surface area contributed by atoms with Crippen molar-refractivity contribution in [3.8, 4) is 0 Å². The number of hydrogen-bond acceptors (Lipinski definition) is 7. The molecule has 0 fully saturated rings. The van der Waals surface area contributed by atoms with Crippen molar-refractivity contribution in [1.82, 2.24) is 25.9 Å². The molecule has 0 aliphatic heterocycles. The van der Waals surface area contributed by atoms with Crippen molar-refractivity contribution in [3.63, 3.8) is 0 Å². The topological polar surface area (TPSA) is 244 Å². The van der Waals surface area contributed by atoms with Crippen molar-refractivity contribution < 1.29 is 24.3 Å². The highest BCUT2D eigenvalue weighted by Gasteiger charge is 2.29.